The van der Waals surface area contributed by atoms with Gasteiger partial charge in [0.1, 0.15) is 11.6 Å². The van der Waals surface area contributed by atoms with E-state index < -0.39 is 0 Å². The molecule has 8 heteroatoms. The third-order valence-electron chi connectivity index (χ3n) is 4.37. The minimum absolute atomic E-state index is 0.0489. The van der Waals surface area contributed by atoms with Crippen molar-refractivity contribution in [2.45, 2.75) is 18.6 Å². The maximum Gasteiger partial charge on any atom is 0.230 e. The predicted molar refractivity (Wildman–Crippen MR) is 116 cm³/mol. The Kier molecular flexibility index (Phi) is 6.77. The van der Waals surface area contributed by atoms with E-state index in [0.29, 0.717) is 11.7 Å². The van der Waals surface area contributed by atoms with Gasteiger partial charge in [0.15, 0.2) is 5.16 Å². The molecule has 1 heterocycles. The molecular formula is C21H25N5O2S. The monoisotopic (exact) mass is 411 g/mol. The number of carbonyl (C=O) groups is 1. The van der Waals surface area contributed by atoms with Crippen LogP contribution in [-0.4, -0.2) is 47.6 Å². The molecule has 0 aliphatic rings. The molecule has 0 unspecified atom stereocenters. The highest BCUT2D eigenvalue weighted by atomic mass is 32.2. The molecule has 0 radical (unpaired) electrons. The van der Waals surface area contributed by atoms with Gasteiger partial charge in [0.25, 0.3) is 0 Å². The number of aromatic nitrogens is 3. The van der Waals surface area contributed by atoms with Crippen LogP contribution in [0.5, 0.6) is 5.75 Å². The van der Waals surface area contributed by atoms with E-state index in [1.165, 1.54) is 11.8 Å². The largest absolute Gasteiger partial charge is 0.497 e. The van der Waals surface area contributed by atoms with Crippen LogP contribution in [0.25, 0.3) is 5.69 Å². The first-order valence-electron chi connectivity index (χ1n) is 9.20. The van der Waals surface area contributed by atoms with Crippen LogP contribution in [0.3, 0.4) is 0 Å². The molecule has 1 aromatic heterocycles. The van der Waals surface area contributed by atoms with Crippen molar-refractivity contribution in [3.8, 4) is 11.4 Å². The summed E-state index contributed by atoms with van der Waals surface area (Å²) in [4.78, 5) is 14.4. The number of rotatable bonds is 8. The topological polar surface area (TPSA) is 72.3 Å². The van der Waals surface area contributed by atoms with Gasteiger partial charge in [-0.05, 0) is 48.9 Å². The number of thioether (sulfide) groups is 1. The molecule has 1 amide bonds. The minimum Gasteiger partial charge on any atom is -0.497 e. The maximum atomic E-state index is 12.3. The summed E-state index contributed by atoms with van der Waals surface area (Å²) in [6, 6.07) is 15.8. The highest BCUT2D eigenvalue weighted by Crippen LogP contribution is 2.23. The van der Waals surface area contributed by atoms with E-state index >= 15 is 0 Å². The fourth-order valence-electron chi connectivity index (χ4n) is 2.79. The third kappa shape index (κ3) is 5.29. The van der Waals surface area contributed by atoms with E-state index in [9.17, 15) is 4.79 Å². The maximum absolute atomic E-state index is 12.3. The number of nitrogens with one attached hydrogen (secondary N) is 1. The highest BCUT2D eigenvalue weighted by Gasteiger charge is 2.13. The molecule has 0 aliphatic heterocycles. The lowest BCUT2D eigenvalue weighted by molar-refractivity contribution is -0.118. The summed E-state index contributed by atoms with van der Waals surface area (Å²) in [6.07, 6.45) is 0. The minimum atomic E-state index is -0.0489. The van der Waals surface area contributed by atoms with Gasteiger partial charge in [-0.1, -0.05) is 23.9 Å². The van der Waals surface area contributed by atoms with Crippen molar-refractivity contribution in [3.05, 3.63) is 59.9 Å². The molecule has 3 aromatic rings. The average Bonchev–Trinajstić information content (AvgIpc) is 3.11. The Labute approximate surface area is 175 Å². The molecule has 0 bridgehead atoms. The zero-order chi connectivity index (χ0) is 20.8. The Bertz CT molecular complexity index is 969. The van der Waals surface area contributed by atoms with Gasteiger partial charge < -0.3 is 15.0 Å². The molecule has 0 spiro atoms. The first-order chi connectivity index (χ1) is 14.0. The number of amides is 1. The second-order valence-corrected chi connectivity index (χ2v) is 7.64. The second-order valence-electron chi connectivity index (χ2n) is 6.69. The number of hydrogen-bond donors (Lipinski definition) is 1. The molecule has 3 rings (SSSR count). The van der Waals surface area contributed by atoms with E-state index in [2.05, 4.69) is 21.6 Å². The number of hydrogen-bond acceptors (Lipinski definition) is 6. The molecule has 0 saturated heterocycles. The molecule has 1 N–H and O–H groups in total. The first-order valence-corrected chi connectivity index (χ1v) is 10.2. The molecule has 0 saturated carbocycles. The van der Waals surface area contributed by atoms with E-state index in [4.69, 9.17) is 4.74 Å². The van der Waals surface area contributed by atoms with Crippen LogP contribution in [0.4, 0.5) is 5.69 Å². The fraction of sp³-hybridized carbons (Fsp3) is 0.286. The molecule has 0 atom stereocenters. The molecule has 0 aliphatic carbocycles. The molecule has 2 aromatic carbocycles. The summed E-state index contributed by atoms with van der Waals surface area (Å²) < 4.78 is 7.14. The number of nitrogens with zero attached hydrogens (tertiary/aromatic N) is 4. The van der Waals surface area contributed by atoms with Gasteiger partial charge in [-0.3, -0.25) is 9.36 Å². The quantitative estimate of drug-likeness (QED) is 0.575. The van der Waals surface area contributed by atoms with E-state index in [1.807, 2.05) is 73.0 Å². The summed E-state index contributed by atoms with van der Waals surface area (Å²) in [5, 5.41) is 12.0. The van der Waals surface area contributed by atoms with Crippen LogP contribution in [0, 0.1) is 6.92 Å². The number of aryl methyl sites for hydroxylation is 1. The van der Waals surface area contributed by atoms with Crippen molar-refractivity contribution in [2.75, 3.05) is 31.9 Å². The summed E-state index contributed by atoms with van der Waals surface area (Å²) >= 11 is 1.36. The summed E-state index contributed by atoms with van der Waals surface area (Å²) in [7, 11) is 5.63. The SMILES string of the molecule is COc1ccc(-n2c(C)nnc2SCC(=O)NCc2cccc(N(C)C)c2)cc1. The Morgan fingerprint density at radius 2 is 1.93 bits per heavy atom. The van der Waals surface area contributed by atoms with E-state index in [0.717, 1.165) is 28.5 Å². The Morgan fingerprint density at radius 1 is 1.17 bits per heavy atom. The Morgan fingerprint density at radius 3 is 2.62 bits per heavy atom. The zero-order valence-corrected chi connectivity index (χ0v) is 17.9. The number of ether oxygens (including phenoxy) is 1. The van der Waals surface area contributed by atoms with Crippen molar-refractivity contribution in [1.29, 1.82) is 0 Å². The fourth-order valence-corrected chi connectivity index (χ4v) is 3.62. The molecular weight excluding hydrogens is 386 g/mol. The van der Waals surface area contributed by atoms with Gasteiger partial charge in [-0.25, -0.2) is 0 Å². The summed E-state index contributed by atoms with van der Waals surface area (Å²) in [5.41, 5.74) is 3.10. The van der Waals surface area contributed by atoms with E-state index in [1.54, 1.807) is 7.11 Å². The van der Waals surface area contributed by atoms with Crippen molar-refractivity contribution in [2.24, 2.45) is 0 Å². The van der Waals surface area contributed by atoms with Crippen molar-refractivity contribution in [1.82, 2.24) is 20.1 Å². The van der Waals surface area contributed by atoms with Crippen LogP contribution >= 0.6 is 11.8 Å². The second kappa shape index (κ2) is 9.47. The number of carbonyl (C=O) groups excluding carboxylic acids is 1. The Hall–Kier alpha value is -3.00. The molecule has 152 valence electrons. The smallest absolute Gasteiger partial charge is 0.230 e. The number of anilines is 1. The van der Waals surface area contributed by atoms with Crippen LogP contribution in [0.15, 0.2) is 53.7 Å². The van der Waals surface area contributed by atoms with Crippen molar-refractivity contribution < 1.29 is 9.53 Å². The predicted octanol–water partition coefficient (Wildman–Crippen LogP) is 3.06. The third-order valence-corrected chi connectivity index (χ3v) is 5.30. The Balaban J connectivity index is 1.60. The van der Waals surface area contributed by atoms with Crippen molar-refractivity contribution >= 4 is 23.4 Å². The van der Waals surface area contributed by atoms with Crippen LogP contribution in [-0.2, 0) is 11.3 Å². The molecule has 7 nitrogen and oxygen atoms in total. The lowest BCUT2D eigenvalue weighted by Crippen LogP contribution is -2.24. The van der Waals surface area contributed by atoms with Gasteiger partial charge in [0.2, 0.25) is 5.91 Å². The van der Waals surface area contributed by atoms with E-state index in [-0.39, 0.29) is 11.7 Å². The lowest BCUT2D eigenvalue weighted by Gasteiger charge is -2.14. The van der Waals surface area contributed by atoms with Gasteiger partial charge >= 0.3 is 0 Å². The number of methoxy groups -OCH3 is 1. The van der Waals surface area contributed by atoms with Gasteiger partial charge in [0.05, 0.1) is 12.9 Å². The first kappa shape index (κ1) is 20.7. The van der Waals surface area contributed by atoms with Crippen LogP contribution < -0.4 is 15.0 Å². The summed E-state index contributed by atoms with van der Waals surface area (Å²) in [6.45, 7) is 2.38. The summed E-state index contributed by atoms with van der Waals surface area (Å²) in [5.74, 6) is 1.76. The van der Waals surface area contributed by atoms with Gasteiger partial charge in [0, 0.05) is 32.0 Å². The van der Waals surface area contributed by atoms with Gasteiger partial charge in [-0.15, -0.1) is 10.2 Å². The normalized spacial score (nSPS) is 10.6. The lowest BCUT2D eigenvalue weighted by atomic mass is 10.2. The highest BCUT2D eigenvalue weighted by molar-refractivity contribution is 7.99. The van der Waals surface area contributed by atoms with Crippen molar-refractivity contribution in [3.63, 3.8) is 0 Å². The average molecular weight is 412 g/mol. The molecule has 29 heavy (non-hydrogen) atoms. The van der Waals surface area contributed by atoms with Crippen LogP contribution in [0.2, 0.25) is 0 Å². The zero-order valence-electron chi connectivity index (χ0n) is 17.0. The molecule has 0 fully saturated rings. The standard InChI is InChI=1S/C21H25N5O2S/c1-15-23-24-21(26(15)17-8-10-19(28-4)11-9-17)29-14-20(27)22-13-16-6-5-7-18(12-16)25(2)3/h5-12H,13-14H2,1-4H3,(H,22,27). The number of benzene rings is 2. The van der Waals surface area contributed by atoms with Crippen LogP contribution in [0.1, 0.15) is 11.4 Å². The van der Waals surface area contributed by atoms with Gasteiger partial charge in [-0.2, -0.15) is 0 Å².